The molecule has 3 aliphatic rings. The second kappa shape index (κ2) is 17.8. The summed E-state index contributed by atoms with van der Waals surface area (Å²) in [6.07, 6.45) is 10.5. The summed E-state index contributed by atoms with van der Waals surface area (Å²) < 4.78 is 106. The minimum Gasteiger partial charge on any atom is -0.344 e. The number of hydrogen-bond acceptors (Lipinski definition) is 11. The molecule has 0 saturated carbocycles. The average Bonchev–Trinajstić information content (AvgIpc) is 3.55. The standard InChI is InChI=1S/C44H47ClN2O12S4/c1-43(2)38(46(22-6-24-61(49,50)51)36-18-10-30-26-32(60-59-58-48)14-16-34(30)40(36)43)20-12-28-8-5-9-29(42(28)45)13-21-39-44(3,4)41-35-17-15-33(63(55,56)57)27-31(35)11-19-37(41)47(39)23-7-25-62(52,53)54/h10-21,26-27H,5-9,22-25H2,1-4H3,(H3-,48,49,50,51,52,53,54,55,56,57)/p+1. The summed E-state index contributed by atoms with van der Waals surface area (Å²) in [4.78, 5) is 2.49. The summed E-state index contributed by atoms with van der Waals surface area (Å²) in [6.45, 7) is 8.85. The van der Waals surface area contributed by atoms with Gasteiger partial charge in [0.15, 0.2) is 5.71 Å². The lowest BCUT2D eigenvalue weighted by atomic mass is 9.78. The van der Waals surface area contributed by atoms with Crippen LogP contribution in [0, 0.1) is 0 Å². The molecule has 0 bridgehead atoms. The van der Waals surface area contributed by atoms with Crippen molar-refractivity contribution in [1.29, 1.82) is 0 Å². The molecule has 0 spiro atoms. The lowest BCUT2D eigenvalue weighted by molar-refractivity contribution is -0.437. The molecule has 0 unspecified atom stereocenters. The number of allylic oxidation sites excluding steroid dienone is 8. The van der Waals surface area contributed by atoms with Gasteiger partial charge in [0.25, 0.3) is 30.4 Å². The van der Waals surface area contributed by atoms with Crippen molar-refractivity contribution in [3.05, 3.63) is 118 Å². The van der Waals surface area contributed by atoms with Gasteiger partial charge in [0.2, 0.25) is 5.69 Å². The van der Waals surface area contributed by atoms with Crippen molar-refractivity contribution in [2.24, 2.45) is 0 Å². The molecule has 0 radical (unpaired) electrons. The molecule has 4 aromatic carbocycles. The lowest BCUT2D eigenvalue weighted by Gasteiger charge is -2.27. The van der Waals surface area contributed by atoms with Crippen LogP contribution < -0.4 is 4.90 Å². The maximum absolute atomic E-state index is 12.0. The summed E-state index contributed by atoms with van der Waals surface area (Å²) in [6, 6.07) is 17.7. The number of hydrogen-bond donors (Lipinski definition) is 4. The minimum absolute atomic E-state index is 0.133. The number of benzene rings is 4. The van der Waals surface area contributed by atoms with Crippen molar-refractivity contribution in [3.8, 4) is 0 Å². The zero-order valence-corrected chi connectivity index (χ0v) is 38.9. The van der Waals surface area contributed by atoms with Crippen LogP contribution in [0.15, 0.2) is 117 Å². The fourth-order valence-corrected chi connectivity index (χ4v) is 11.5. The van der Waals surface area contributed by atoms with Gasteiger partial charge in [-0.25, -0.2) is 5.26 Å². The molecular formula is C44H48ClN2O12S4+. The zero-order chi connectivity index (χ0) is 45.7. The highest BCUT2D eigenvalue weighted by Gasteiger charge is 2.46. The average molecular weight is 961 g/mol. The molecule has 1 aliphatic carbocycles. The predicted molar refractivity (Wildman–Crippen MR) is 246 cm³/mol. The zero-order valence-electron chi connectivity index (χ0n) is 34.9. The number of rotatable bonds is 15. The SMILES string of the molecule is CC1(C)C(/C=C/C2=C(Cl)C(=C/C=C3/N(CCCS(=O)(=O)O)c4ccc5cc(S(=O)(=O)O)ccc5c4C3(C)C)/CCC2)=[N+](CCCS(=O)(=O)O)c2ccc3cc(SOOO)ccc3c21. The van der Waals surface area contributed by atoms with Gasteiger partial charge in [-0.2, -0.15) is 29.8 Å². The highest BCUT2D eigenvalue weighted by atomic mass is 35.5. The third kappa shape index (κ3) is 9.86. The summed E-state index contributed by atoms with van der Waals surface area (Å²) in [5, 5.41) is 16.3. The van der Waals surface area contributed by atoms with Gasteiger partial charge in [-0.3, -0.25) is 13.7 Å². The summed E-state index contributed by atoms with van der Waals surface area (Å²) >= 11 is 8.10. The molecule has 2 heterocycles. The summed E-state index contributed by atoms with van der Waals surface area (Å²) in [7, 11) is -12.9. The Bertz CT molecular complexity index is 3030. The van der Waals surface area contributed by atoms with Gasteiger partial charge in [-0.15, -0.1) is 4.33 Å². The van der Waals surface area contributed by atoms with E-state index in [1.54, 1.807) is 12.1 Å². The van der Waals surface area contributed by atoms with E-state index in [4.69, 9.17) is 16.9 Å². The van der Waals surface area contributed by atoms with E-state index in [0.29, 0.717) is 34.7 Å². The molecule has 0 saturated heterocycles. The van der Waals surface area contributed by atoms with Gasteiger partial charge in [0.1, 0.15) is 6.54 Å². The summed E-state index contributed by atoms with van der Waals surface area (Å²) in [5.41, 5.74) is 5.95. The topological polar surface area (TPSA) is 208 Å². The molecular weight excluding hydrogens is 912 g/mol. The third-order valence-corrected chi connectivity index (χ3v) is 15.5. The Morgan fingerprint density at radius 1 is 0.794 bits per heavy atom. The first-order valence-corrected chi connectivity index (χ1v) is 25.9. The molecule has 0 fully saturated rings. The van der Waals surface area contributed by atoms with Crippen molar-refractivity contribution in [3.63, 3.8) is 0 Å². The van der Waals surface area contributed by atoms with E-state index in [0.717, 1.165) is 79.7 Å². The van der Waals surface area contributed by atoms with E-state index in [9.17, 15) is 38.9 Å². The Labute approximate surface area is 376 Å². The normalized spacial score (nSPS) is 19.1. The van der Waals surface area contributed by atoms with E-state index < -0.39 is 52.7 Å². The molecule has 0 aromatic heterocycles. The van der Waals surface area contributed by atoms with Crippen LogP contribution in [-0.4, -0.2) is 79.1 Å². The van der Waals surface area contributed by atoms with Crippen LogP contribution in [0.5, 0.6) is 0 Å². The van der Waals surface area contributed by atoms with Crippen LogP contribution in [-0.2, 0) is 50.6 Å². The first-order chi connectivity index (χ1) is 29.5. The molecule has 4 N–H and O–H groups in total. The fraction of sp³-hybridized carbons (Fsp3) is 0.341. The molecule has 4 aromatic rings. The first kappa shape index (κ1) is 47.1. The molecule has 14 nitrogen and oxygen atoms in total. The molecule has 336 valence electrons. The van der Waals surface area contributed by atoms with E-state index >= 15 is 0 Å². The smallest absolute Gasteiger partial charge is 0.294 e. The monoisotopic (exact) mass is 959 g/mol. The largest absolute Gasteiger partial charge is 0.344 e. The molecule has 63 heavy (non-hydrogen) atoms. The third-order valence-electron chi connectivity index (χ3n) is 12.0. The van der Waals surface area contributed by atoms with E-state index in [2.05, 4.69) is 27.8 Å². The van der Waals surface area contributed by atoms with Gasteiger partial charge in [0.05, 0.1) is 33.9 Å². The Balaban J connectivity index is 1.27. The van der Waals surface area contributed by atoms with Gasteiger partial charge < -0.3 is 4.90 Å². The van der Waals surface area contributed by atoms with Crippen molar-refractivity contribution >= 4 is 92.6 Å². The van der Waals surface area contributed by atoms with Crippen LogP contribution in [0.2, 0.25) is 0 Å². The maximum atomic E-state index is 12.0. The second-order valence-corrected chi connectivity index (χ2v) is 22.6. The van der Waals surface area contributed by atoms with Gasteiger partial charge in [-0.1, -0.05) is 60.8 Å². The van der Waals surface area contributed by atoms with E-state index in [-0.39, 0.29) is 24.3 Å². The van der Waals surface area contributed by atoms with Crippen LogP contribution in [0.1, 0.15) is 70.9 Å². The number of fused-ring (bicyclic) bond motifs is 6. The first-order valence-electron chi connectivity index (χ1n) is 20.1. The van der Waals surface area contributed by atoms with Gasteiger partial charge >= 0.3 is 0 Å². The highest BCUT2D eigenvalue weighted by Crippen LogP contribution is 2.51. The quantitative estimate of drug-likeness (QED) is 0.0288. The lowest BCUT2D eigenvalue weighted by Crippen LogP contribution is -2.28. The Morgan fingerprint density at radius 2 is 1.46 bits per heavy atom. The summed E-state index contributed by atoms with van der Waals surface area (Å²) in [5.74, 6) is -0.835. The molecule has 0 atom stereocenters. The second-order valence-electron chi connectivity index (χ2n) is 16.9. The van der Waals surface area contributed by atoms with Crippen molar-refractivity contribution in [2.45, 2.75) is 80.4 Å². The van der Waals surface area contributed by atoms with Crippen molar-refractivity contribution in [2.75, 3.05) is 29.5 Å². The molecule has 2 aliphatic heterocycles. The number of nitrogens with zero attached hydrogens (tertiary/aromatic N) is 2. The maximum Gasteiger partial charge on any atom is 0.294 e. The Morgan fingerprint density at radius 3 is 2.16 bits per heavy atom. The van der Waals surface area contributed by atoms with Crippen molar-refractivity contribution < 1.29 is 58.1 Å². The van der Waals surface area contributed by atoms with Crippen molar-refractivity contribution in [1.82, 2.24) is 0 Å². The van der Waals surface area contributed by atoms with Crippen LogP contribution >= 0.6 is 23.6 Å². The fourth-order valence-electron chi connectivity index (χ4n) is 9.27. The number of halogens is 1. The van der Waals surface area contributed by atoms with Crippen LogP contribution in [0.25, 0.3) is 21.5 Å². The van der Waals surface area contributed by atoms with Crippen LogP contribution in [0.4, 0.5) is 11.4 Å². The Hall–Kier alpha value is -3.92. The highest BCUT2D eigenvalue weighted by molar-refractivity contribution is 7.94. The number of anilines is 1. The van der Waals surface area contributed by atoms with E-state index in [1.165, 1.54) is 12.1 Å². The van der Waals surface area contributed by atoms with Gasteiger partial charge in [-0.05, 0) is 120 Å². The minimum atomic E-state index is -4.44. The molecule has 7 rings (SSSR count). The van der Waals surface area contributed by atoms with Crippen LogP contribution in [0.3, 0.4) is 0 Å². The molecule has 19 heteroatoms. The van der Waals surface area contributed by atoms with Gasteiger partial charge in [0, 0.05) is 57.4 Å². The predicted octanol–water partition coefficient (Wildman–Crippen LogP) is 9.44. The Kier molecular flexibility index (Phi) is 13.3. The van der Waals surface area contributed by atoms with E-state index in [1.807, 2.05) is 79.4 Å². The molecule has 0 amide bonds.